The molecule has 1 aromatic rings. The van der Waals surface area contributed by atoms with Gasteiger partial charge in [-0.25, -0.2) is 0 Å². The zero-order chi connectivity index (χ0) is 12.0. The molecule has 2 atom stereocenters. The Hall–Kier alpha value is -0.940. The van der Waals surface area contributed by atoms with Crippen LogP contribution in [0.3, 0.4) is 0 Å². The van der Waals surface area contributed by atoms with Crippen molar-refractivity contribution in [1.29, 1.82) is 0 Å². The fourth-order valence-corrected chi connectivity index (χ4v) is 1.45. The molecule has 0 bridgehead atoms. The molecule has 4 nitrogen and oxygen atoms in total. The molecule has 1 aromatic carbocycles. The Kier molecular flexibility index (Phi) is 4.89. The van der Waals surface area contributed by atoms with Crippen molar-refractivity contribution < 1.29 is 15.3 Å². The van der Waals surface area contributed by atoms with E-state index in [-0.39, 0.29) is 13.2 Å². The van der Waals surface area contributed by atoms with E-state index in [4.69, 9.17) is 10.2 Å². The summed E-state index contributed by atoms with van der Waals surface area (Å²) in [6.07, 6.45) is -0.786. The molecular formula is C12H19NO3. The fraction of sp³-hybridized carbons (Fsp3) is 0.500. The normalized spacial score (nSPS) is 16.8. The Morgan fingerprint density at radius 1 is 1.31 bits per heavy atom. The van der Waals surface area contributed by atoms with Crippen LogP contribution in [0.1, 0.15) is 12.5 Å². The van der Waals surface area contributed by atoms with Gasteiger partial charge in [0.2, 0.25) is 0 Å². The Labute approximate surface area is 95.6 Å². The predicted molar refractivity (Wildman–Crippen MR) is 62.0 cm³/mol. The van der Waals surface area contributed by atoms with Gasteiger partial charge in [0, 0.05) is 13.1 Å². The van der Waals surface area contributed by atoms with E-state index in [2.05, 4.69) is 5.32 Å². The zero-order valence-electron chi connectivity index (χ0n) is 9.43. The van der Waals surface area contributed by atoms with Gasteiger partial charge < -0.3 is 20.6 Å². The third-order valence-corrected chi connectivity index (χ3v) is 2.46. The molecule has 0 heterocycles. The first-order chi connectivity index (χ1) is 7.56. The van der Waals surface area contributed by atoms with Gasteiger partial charge in [-0.05, 0) is 12.5 Å². The smallest absolute Gasteiger partial charge is 0.0992 e. The van der Waals surface area contributed by atoms with Gasteiger partial charge in [0.25, 0.3) is 0 Å². The number of hydrogen-bond acceptors (Lipinski definition) is 4. The van der Waals surface area contributed by atoms with Crippen LogP contribution < -0.4 is 5.32 Å². The molecule has 90 valence electrons. The van der Waals surface area contributed by atoms with E-state index in [0.717, 1.165) is 5.56 Å². The highest BCUT2D eigenvalue weighted by Gasteiger charge is 2.22. The van der Waals surface area contributed by atoms with E-state index < -0.39 is 11.7 Å². The van der Waals surface area contributed by atoms with Gasteiger partial charge in [0.15, 0.2) is 0 Å². The first-order valence-corrected chi connectivity index (χ1v) is 5.34. The third kappa shape index (κ3) is 3.90. The van der Waals surface area contributed by atoms with Crippen molar-refractivity contribution in [2.75, 3.05) is 19.7 Å². The van der Waals surface area contributed by atoms with E-state index in [9.17, 15) is 5.11 Å². The second kappa shape index (κ2) is 5.96. The molecule has 0 fully saturated rings. The molecule has 0 spiro atoms. The molecule has 4 heteroatoms. The highest BCUT2D eigenvalue weighted by molar-refractivity contribution is 5.21. The number of hydrogen-bond donors (Lipinski definition) is 4. The number of nitrogens with one attached hydrogen (secondary N) is 1. The van der Waals surface area contributed by atoms with Crippen LogP contribution in [0, 0.1) is 0 Å². The van der Waals surface area contributed by atoms with E-state index in [1.807, 2.05) is 30.3 Å². The minimum absolute atomic E-state index is 0.263. The monoisotopic (exact) mass is 225 g/mol. The van der Waals surface area contributed by atoms with Crippen LogP contribution in [0.25, 0.3) is 0 Å². The lowest BCUT2D eigenvalue weighted by molar-refractivity contribution is 0.0464. The topological polar surface area (TPSA) is 72.7 Å². The van der Waals surface area contributed by atoms with Crippen molar-refractivity contribution in [2.45, 2.75) is 18.6 Å². The van der Waals surface area contributed by atoms with Crippen molar-refractivity contribution in [3.05, 3.63) is 35.9 Å². The number of benzene rings is 1. The second-order valence-corrected chi connectivity index (χ2v) is 4.11. The minimum atomic E-state index is -0.976. The molecule has 0 aromatic heterocycles. The molecule has 16 heavy (non-hydrogen) atoms. The lowest BCUT2D eigenvalue weighted by Crippen LogP contribution is -2.39. The maximum Gasteiger partial charge on any atom is 0.0992 e. The van der Waals surface area contributed by atoms with Crippen LogP contribution in [-0.2, 0) is 5.60 Å². The molecule has 2 unspecified atom stereocenters. The van der Waals surface area contributed by atoms with Gasteiger partial charge in [-0.1, -0.05) is 30.3 Å². The highest BCUT2D eigenvalue weighted by atomic mass is 16.3. The van der Waals surface area contributed by atoms with Crippen LogP contribution in [0.15, 0.2) is 30.3 Å². The van der Waals surface area contributed by atoms with Crippen molar-refractivity contribution in [3.63, 3.8) is 0 Å². The highest BCUT2D eigenvalue weighted by Crippen LogP contribution is 2.18. The summed E-state index contributed by atoms with van der Waals surface area (Å²) in [6, 6.07) is 9.33. The zero-order valence-corrected chi connectivity index (χ0v) is 9.43. The lowest BCUT2D eigenvalue weighted by Gasteiger charge is -2.24. The molecule has 0 aliphatic heterocycles. The van der Waals surface area contributed by atoms with Crippen molar-refractivity contribution >= 4 is 0 Å². The van der Waals surface area contributed by atoms with E-state index >= 15 is 0 Å². The average Bonchev–Trinajstić information content (AvgIpc) is 2.30. The first-order valence-electron chi connectivity index (χ1n) is 5.34. The summed E-state index contributed by atoms with van der Waals surface area (Å²) >= 11 is 0. The van der Waals surface area contributed by atoms with E-state index in [0.29, 0.717) is 6.54 Å². The fourth-order valence-electron chi connectivity index (χ4n) is 1.45. The SMILES string of the molecule is CC(O)(CNCC(O)CO)c1ccccc1. The minimum Gasteiger partial charge on any atom is -0.394 e. The quantitative estimate of drug-likeness (QED) is 0.543. The van der Waals surface area contributed by atoms with Crippen LogP contribution in [0.5, 0.6) is 0 Å². The first kappa shape index (κ1) is 13.1. The molecule has 0 aliphatic rings. The standard InChI is InChI=1S/C12H19NO3/c1-12(16,9-13-7-11(15)8-14)10-5-3-2-4-6-10/h2-6,11,13-16H,7-9H2,1H3. The molecule has 0 aliphatic carbocycles. The predicted octanol–water partition coefficient (Wildman–Crippen LogP) is -0.163. The van der Waals surface area contributed by atoms with Crippen LogP contribution in [0.2, 0.25) is 0 Å². The number of rotatable bonds is 6. The summed E-state index contributed by atoms with van der Waals surface area (Å²) in [5.41, 5.74) is -0.155. The summed E-state index contributed by atoms with van der Waals surface area (Å²) < 4.78 is 0. The Morgan fingerprint density at radius 3 is 2.50 bits per heavy atom. The summed E-state index contributed by atoms with van der Waals surface area (Å²) in [4.78, 5) is 0. The van der Waals surface area contributed by atoms with Crippen LogP contribution in [-0.4, -0.2) is 41.1 Å². The lowest BCUT2D eigenvalue weighted by atomic mass is 9.96. The maximum absolute atomic E-state index is 10.2. The summed E-state index contributed by atoms with van der Waals surface area (Å²) in [6.45, 7) is 2.02. The Bertz CT molecular complexity index is 300. The van der Waals surface area contributed by atoms with E-state index in [1.165, 1.54) is 0 Å². The van der Waals surface area contributed by atoms with Crippen molar-refractivity contribution in [3.8, 4) is 0 Å². The Balaban J connectivity index is 2.46. The maximum atomic E-state index is 10.2. The Morgan fingerprint density at radius 2 is 1.94 bits per heavy atom. The third-order valence-electron chi connectivity index (χ3n) is 2.46. The van der Waals surface area contributed by atoms with Gasteiger partial charge in [0.05, 0.1) is 18.3 Å². The largest absolute Gasteiger partial charge is 0.394 e. The van der Waals surface area contributed by atoms with Gasteiger partial charge >= 0.3 is 0 Å². The second-order valence-electron chi connectivity index (χ2n) is 4.11. The molecule has 0 saturated carbocycles. The van der Waals surface area contributed by atoms with Gasteiger partial charge in [-0.15, -0.1) is 0 Å². The van der Waals surface area contributed by atoms with Crippen molar-refractivity contribution in [2.24, 2.45) is 0 Å². The number of aliphatic hydroxyl groups excluding tert-OH is 2. The number of aliphatic hydroxyl groups is 3. The summed E-state index contributed by atoms with van der Waals surface area (Å²) in [5.74, 6) is 0. The molecule has 4 N–H and O–H groups in total. The molecule has 0 saturated heterocycles. The van der Waals surface area contributed by atoms with Gasteiger partial charge in [0.1, 0.15) is 0 Å². The van der Waals surface area contributed by atoms with Gasteiger partial charge in [-0.2, -0.15) is 0 Å². The van der Waals surface area contributed by atoms with Crippen molar-refractivity contribution in [1.82, 2.24) is 5.32 Å². The van der Waals surface area contributed by atoms with Crippen LogP contribution in [0.4, 0.5) is 0 Å². The van der Waals surface area contributed by atoms with E-state index in [1.54, 1.807) is 6.92 Å². The van der Waals surface area contributed by atoms with Crippen LogP contribution >= 0.6 is 0 Å². The molecule has 0 radical (unpaired) electrons. The van der Waals surface area contributed by atoms with Gasteiger partial charge in [-0.3, -0.25) is 0 Å². The summed E-state index contributed by atoms with van der Waals surface area (Å²) in [7, 11) is 0. The molecule has 1 rings (SSSR count). The molecule has 0 amide bonds. The summed E-state index contributed by atoms with van der Waals surface area (Å²) in [5, 5.41) is 30.8. The average molecular weight is 225 g/mol. The molecular weight excluding hydrogens is 206 g/mol.